The molecule has 2 aromatic rings. The lowest BCUT2D eigenvalue weighted by Crippen LogP contribution is -2.63. The lowest BCUT2D eigenvalue weighted by Gasteiger charge is -2.48. The first kappa shape index (κ1) is 24.8. The number of amides is 1. The lowest BCUT2D eigenvalue weighted by molar-refractivity contribution is -0.127. The highest BCUT2D eigenvalue weighted by atomic mass is 16.5. The Morgan fingerprint density at radius 2 is 1.95 bits per heavy atom. The van der Waals surface area contributed by atoms with Crippen LogP contribution in [0, 0.1) is 0 Å². The smallest absolute Gasteiger partial charge is 0.318 e. The van der Waals surface area contributed by atoms with E-state index in [1.807, 2.05) is 11.1 Å². The molecule has 0 N–H and O–H groups in total. The number of aromatic nitrogens is 3. The quantitative estimate of drug-likeness (QED) is 0.529. The van der Waals surface area contributed by atoms with Gasteiger partial charge in [0.05, 0.1) is 36.2 Å². The predicted molar refractivity (Wildman–Crippen MR) is 150 cm³/mol. The molecule has 2 aromatic heterocycles. The van der Waals surface area contributed by atoms with Crippen LogP contribution in [0.2, 0.25) is 0 Å². The molecule has 0 bridgehead atoms. The van der Waals surface area contributed by atoms with Crippen molar-refractivity contribution in [1.82, 2.24) is 24.8 Å². The standard InChI is InChI=1S/C30H39N7O2/c1-3-28(38)36-14-11-25-27(36)18-37(25)29-23-10-13-35(26-16-31-15-20-7-4-5-9-22(20)26)17-24(23)32-30(33-29)39-19-21-8-6-12-34(21)2/h3,15-16,21,25,27H,1,4-14,17-19H2,2H3/t21-,25+,27+/m0/s1. The van der Waals surface area contributed by atoms with E-state index in [9.17, 15) is 4.79 Å². The normalized spacial score (nSPS) is 26.1. The van der Waals surface area contributed by atoms with Crippen molar-refractivity contribution < 1.29 is 9.53 Å². The summed E-state index contributed by atoms with van der Waals surface area (Å²) in [7, 11) is 2.17. The fraction of sp³-hybridized carbons (Fsp3) is 0.600. The van der Waals surface area contributed by atoms with Gasteiger partial charge in [-0.15, -0.1) is 0 Å². The number of hydrogen-bond donors (Lipinski definition) is 0. The number of fused-ring (bicyclic) bond motifs is 3. The summed E-state index contributed by atoms with van der Waals surface area (Å²) in [5, 5.41) is 0. The first-order chi connectivity index (χ1) is 19.1. The van der Waals surface area contributed by atoms with Crippen LogP contribution in [0.15, 0.2) is 25.0 Å². The van der Waals surface area contributed by atoms with Gasteiger partial charge in [-0.25, -0.2) is 0 Å². The first-order valence-corrected chi connectivity index (χ1v) is 14.7. The van der Waals surface area contributed by atoms with Crippen molar-refractivity contribution in [3.63, 3.8) is 0 Å². The van der Waals surface area contributed by atoms with Gasteiger partial charge < -0.3 is 24.3 Å². The molecule has 0 saturated carbocycles. The van der Waals surface area contributed by atoms with Crippen molar-refractivity contribution in [2.24, 2.45) is 0 Å². The highest BCUT2D eigenvalue weighted by Crippen LogP contribution is 2.41. The van der Waals surface area contributed by atoms with Crippen molar-refractivity contribution in [2.75, 3.05) is 49.6 Å². The molecule has 1 amide bonds. The molecule has 4 aliphatic heterocycles. The third kappa shape index (κ3) is 4.35. The Bertz CT molecular complexity index is 1280. The molecule has 0 spiro atoms. The van der Waals surface area contributed by atoms with Gasteiger partial charge in [0.2, 0.25) is 5.91 Å². The van der Waals surface area contributed by atoms with Gasteiger partial charge >= 0.3 is 6.01 Å². The summed E-state index contributed by atoms with van der Waals surface area (Å²) in [4.78, 5) is 36.2. The van der Waals surface area contributed by atoms with E-state index >= 15 is 0 Å². The largest absolute Gasteiger partial charge is 0.462 e. The van der Waals surface area contributed by atoms with E-state index in [0.29, 0.717) is 24.7 Å². The molecule has 6 heterocycles. The number of carbonyl (C=O) groups excluding carboxylic acids is 1. The Morgan fingerprint density at radius 1 is 1.05 bits per heavy atom. The Hall–Kier alpha value is -3.20. The van der Waals surface area contributed by atoms with Gasteiger partial charge in [-0.3, -0.25) is 9.78 Å². The van der Waals surface area contributed by atoms with E-state index in [0.717, 1.165) is 76.3 Å². The average molecular weight is 530 g/mol. The van der Waals surface area contributed by atoms with Gasteiger partial charge in [-0.05, 0) is 82.2 Å². The Balaban J connectivity index is 1.18. The van der Waals surface area contributed by atoms with E-state index in [1.54, 1.807) is 0 Å². The molecule has 0 aromatic carbocycles. The number of ether oxygens (including phenoxy) is 1. The summed E-state index contributed by atoms with van der Waals surface area (Å²) in [5.41, 5.74) is 6.45. The molecule has 9 heteroatoms. The number of likely N-dealkylation sites (tertiary alicyclic amines) is 2. The second-order valence-electron chi connectivity index (χ2n) is 11.8. The van der Waals surface area contributed by atoms with Crippen molar-refractivity contribution in [3.05, 3.63) is 47.4 Å². The van der Waals surface area contributed by atoms with Crippen LogP contribution in [0.5, 0.6) is 6.01 Å². The molecule has 9 nitrogen and oxygen atoms in total. The maximum Gasteiger partial charge on any atom is 0.318 e. The van der Waals surface area contributed by atoms with Crippen LogP contribution in [-0.4, -0.2) is 88.6 Å². The summed E-state index contributed by atoms with van der Waals surface area (Å²) >= 11 is 0. The van der Waals surface area contributed by atoms with Crippen molar-refractivity contribution in [2.45, 2.75) is 76.0 Å². The van der Waals surface area contributed by atoms with Gasteiger partial charge in [0.15, 0.2) is 0 Å². The lowest BCUT2D eigenvalue weighted by atomic mass is 9.91. The zero-order valence-electron chi connectivity index (χ0n) is 23.0. The zero-order valence-corrected chi connectivity index (χ0v) is 23.0. The van der Waals surface area contributed by atoms with Crippen LogP contribution in [0.25, 0.3) is 0 Å². The summed E-state index contributed by atoms with van der Waals surface area (Å²) in [6.45, 7) is 8.68. The molecule has 3 saturated heterocycles. The summed E-state index contributed by atoms with van der Waals surface area (Å²) in [6.07, 6.45) is 14.5. The second kappa shape index (κ2) is 10.1. The summed E-state index contributed by atoms with van der Waals surface area (Å²) in [5.74, 6) is 1.05. The third-order valence-corrected chi connectivity index (χ3v) is 9.71. The number of likely N-dealkylation sites (N-methyl/N-ethyl adjacent to an activating group) is 1. The van der Waals surface area contributed by atoms with Crippen LogP contribution in [0.3, 0.4) is 0 Å². The van der Waals surface area contributed by atoms with Gasteiger partial charge in [0.25, 0.3) is 0 Å². The fourth-order valence-electron chi connectivity index (χ4n) is 7.42. The number of rotatable bonds is 6. The van der Waals surface area contributed by atoms with Gasteiger partial charge in [-0.1, -0.05) is 6.58 Å². The molecule has 206 valence electrons. The average Bonchev–Trinajstić information content (AvgIpc) is 3.52. The molecule has 5 aliphatic rings. The Labute approximate surface area is 230 Å². The van der Waals surface area contributed by atoms with E-state index in [-0.39, 0.29) is 11.9 Å². The van der Waals surface area contributed by atoms with Crippen LogP contribution in [-0.2, 0) is 30.6 Å². The molecule has 7 rings (SSSR count). The van der Waals surface area contributed by atoms with Crippen molar-refractivity contribution in [1.29, 1.82) is 0 Å². The maximum atomic E-state index is 12.4. The molecular formula is C30H39N7O2. The monoisotopic (exact) mass is 529 g/mol. The topological polar surface area (TPSA) is 77.9 Å². The number of carbonyl (C=O) groups is 1. The van der Waals surface area contributed by atoms with Crippen molar-refractivity contribution >= 4 is 17.4 Å². The summed E-state index contributed by atoms with van der Waals surface area (Å²) in [6, 6.07) is 1.43. The van der Waals surface area contributed by atoms with E-state index < -0.39 is 0 Å². The summed E-state index contributed by atoms with van der Waals surface area (Å²) < 4.78 is 6.31. The molecule has 0 unspecified atom stereocenters. The first-order valence-electron chi connectivity index (χ1n) is 14.7. The van der Waals surface area contributed by atoms with Crippen molar-refractivity contribution in [3.8, 4) is 6.01 Å². The van der Waals surface area contributed by atoms with Crippen LogP contribution < -0.4 is 14.5 Å². The van der Waals surface area contributed by atoms with Crippen LogP contribution >= 0.6 is 0 Å². The molecule has 1 aliphatic carbocycles. The van der Waals surface area contributed by atoms with Gasteiger partial charge in [0, 0.05) is 37.4 Å². The third-order valence-electron chi connectivity index (χ3n) is 9.71. The number of pyridine rings is 1. The molecule has 0 radical (unpaired) electrons. The van der Waals surface area contributed by atoms with Crippen LogP contribution in [0.4, 0.5) is 11.5 Å². The maximum absolute atomic E-state index is 12.4. The van der Waals surface area contributed by atoms with Crippen LogP contribution in [0.1, 0.15) is 54.5 Å². The molecule has 39 heavy (non-hydrogen) atoms. The minimum Gasteiger partial charge on any atom is -0.462 e. The Morgan fingerprint density at radius 3 is 2.79 bits per heavy atom. The number of nitrogens with zero attached hydrogens (tertiary/aromatic N) is 7. The highest BCUT2D eigenvalue weighted by Gasteiger charge is 2.49. The Kier molecular flexibility index (Phi) is 6.41. The van der Waals surface area contributed by atoms with E-state index in [2.05, 4.69) is 39.5 Å². The van der Waals surface area contributed by atoms with E-state index in [1.165, 1.54) is 47.7 Å². The minimum atomic E-state index is 0.0343. The fourth-order valence-corrected chi connectivity index (χ4v) is 7.42. The number of hydrogen-bond acceptors (Lipinski definition) is 8. The number of anilines is 2. The SMILES string of the molecule is C=CC(=O)N1CC[C@@H]2[C@H]1CN2c1nc(OC[C@@H]2CCCN2C)nc2c1CCN(c1cncc3c1CCCC3)C2. The van der Waals surface area contributed by atoms with Gasteiger partial charge in [-0.2, -0.15) is 9.97 Å². The van der Waals surface area contributed by atoms with Gasteiger partial charge in [0.1, 0.15) is 12.4 Å². The predicted octanol–water partition coefficient (Wildman–Crippen LogP) is 2.76. The second-order valence-corrected chi connectivity index (χ2v) is 11.8. The molecule has 3 fully saturated rings. The molecular weight excluding hydrogens is 490 g/mol. The highest BCUT2D eigenvalue weighted by molar-refractivity contribution is 5.88. The van der Waals surface area contributed by atoms with E-state index in [4.69, 9.17) is 14.7 Å². The number of aryl methyl sites for hydroxylation is 1. The minimum absolute atomic E-state index is 0.0343. The zero-order chi connectivity index (χ0) is 26.5. The molecule has 3 atom stereocenters.